The number of ketones is 2. The van der Waals surface area contributed by atoms with E-state index in [-0.39, 0.29) is 28.8 Å². The van der Waals surface area contributed by atoms with Gasteiger partial charge in [0.2, 0.25) is 0 Å². The van der Waals surface area contributed by atoms with Crippen molar-refractivity contribution in [1.82, 2.24) is 0 Å². The fourth-order valence-electron chi connectivity index (χ4n) is 3.81. The van der Waals surface area contributed by atoms with Crippen LogP contribution in [0.5, 0.6) is 0 Å². The third kappa shape index (κ3) is 1.07. The quantitative estimate of drug-likeness (QED) is 0.636. The summed E-state index contributed by atoms with van der Waals surface area (Å²) in [7, 11) is 0. The number of carbonyl (C=O) groups is 2. The molecule has 2 aliphatic carbocycles. The van der Waals surface area contributed by atoms with E-state index < -0.39 is 0 Å². The number of hydrogen-bond donors (Lipinski definition) is 0. The zero-order valence-corrected chi connectivity index (χ0v) is 9.91. The van der Waals surface area contributed by atoms with Gasteiger partial charge in [0.25, 0.3) is 0 Å². The molecule has 1 heterocycles. The largest absolute Gasteiger partial charge is 0.365 e. The molecular formula is C13H18O3. The second kappa shape index (κ2) is 2.95. The molecule has 1 spiro atoms. The molecule has 1 aliphatic heterocycles. The first-order chi connectivity index (χ1) is 7.49. The van der Waals surface area contributed by atoms with Crippen LogP contribution in [0, 0.1) is 11.3 Å². The molecule has 0 aromatic heterocycles. The van der Waals surface area contributed by atoms with E-state index in [1.54, 1.807) is 6.92 Å². The topological polar surface area (TPSA) is 46.7 Å². The van der Waals surface area contributed by atoms with Crippen LogP contribution in [0.15, 0.2) is 0 Å². The lowest BCUT2D eigenvalue weighted by molar-refractivity contribution is -0.139. The number of rotatable bonds is 1. The van der Waals surface area contributed by atoms with Crippen molar-refractivity contribution in [3.8, 4) is 0 Å². The molecule has 0 aromatic carbocycles. The molecule has 0 bridgehead atoms. The molecule has 0 amide bonds. The minimum Gasteiger partial charge on any atom is -0.365 e. The first-order valence-electron chi connectivity index (χ1n) is 6.21. The SMILES string of the molecule is CC(=O)[C@@H]1CC[C@@]2(C)C(=O)CC[C@H]3O[C@]32C1. The molecule has 3 fully saturated rings. The summed E-state index contributed by atoms with van der Waals surface area (Å²) in [5.74, 6) is 0.718. The zero-order valence-electron chi connectivity index (χ0n) is 9.91. The number of carbonyl (C=O) groups excluding carboxylic acids is 2. The third-order valence-corrected chi connectivity index (χ3v) is 5.12. The lowest BCUT2D eigenvalue weighted by Crippen LogP contribution is -2.52. The maximum Gasteiger partial charge on any atom is 0.141 e. The van der Waals surface area contributed by atoms with Gasteiger partial charge in [-0.05, 0) is 39.5 Å². The first-order valence-corrected chi connectivity index (χ1v) is 6.21. The summed E-state index contributed by atoms with van der Waals surface area (Å²) < 4.78 is 5.85. The summed E-state index contributed by atoms with van der Waals surface area (Å²) in [6.07, 6.45) is 4.22. The molecule has 3 rings (SSSR count). The Morgan fingerprint density at radius 2 is 2.19 bits per heavy atom. The van der Waals surface area contributed by atoms with E-state index in [9.17, 15) is 9.59 Å². The van der Waals surface area contributed by atoms with Crippen LogP contribution in [-0.4, -0.2) is 23.3 Å². The van der Waals surface area contributed by atoms with Crippen LogP contribution in [-0.2, 0) is 14.3 Å². The molecule has 0 N–H and O–H groups in total. The molecular weight excluding hydrogens is 204 g/mol. The number of hydrogen-bond acceptors (Lipinski definition) is 3. The average Bonchev–Trinajstić information content (AvgIpc) is 2.94. The molecule has 1 saturated heterocycles. The highest BCUT2D eigenvalue weighted by atomic mass is 16.6. The second-order valence-corrected chi connectivity index (χ2v) is 5.84. The van der Waals surface area contributed by atoms with E-state index in [4.69, 9.17) is 4.74 Å². The lowest BCUT2D eigenvalue weighted by Gasteiger charge is -2.43. The Bertz CT molecular complexity index is 375. The Morgan fingerprint density at radius 1 is 1.44 bits per heavy atom. The normalized spacial score (nSPS) is 50.5. The lowest BCUT2D eigenvalue weighted by atomic mass is 9.57. The van der Waals surface area contributed by atoms with Gasteiger partial charge in [0.1, 0.15) is 17.2 Å². The summed E-state index contributed by atoms with van der Waals surface area (Å²) in [5, 5.41) is 0. The van der Waals surface area contributed by atoms with Gasteiger partial charge >= 0.3 is 0 Å². The molecule has 4 atom stereocenters. The summed E-state index contributed by atoms with van der Waals surface area (Å²) in [5.41, 5.74) is -0.571. The van der Waals surface area contributed by atoms with Crippen LogP contribution >= 0.6 is 0 Å². The van der Waals surface area contributed by atoms with Crippen LogP contribution in [0.3, 0.4) is 0 Å². The summed E-state index contributed by atoms with van der Waals surface area (Å²) in [4.78, 5) is 23.6. The van der Waals surface area contributed by atoms with Gasteiger partial charge in [-0.2, -0.15) is 0 Å². The Morgan fingerprint density at radius 3 is 2.88 bits per heavy atom. The van der Waals surface area contributed by atoms with Crippen LogP contribution in [0.1, 0.15) is 46.0 Å². The first kappa shape index (κ1) is 10.5. The minimum atomic E-state index is -0.304. The molecule has 3 nitrogen and oxygen atoms in total. The van der Waals surface area contributed by atoms with E-state index in [1.807, 2.05) is 6.92 Å². The fraction of sp³-hybridized carbons (Fsp3) is 0.846. The van der Waals surface area contributed by atoms with Gasteiger partial charge in [-0.15, -0.1) is 0 Å². The number of ether oxygens (including phenoxy) is 1. The van der Waals surface area contributed by atoms with Gasteiger partial charge in [-0.1, -0.05) is 0 Å². The third-order valence-electron chi connectivity index (χ3n) is 5.12. The maximum atomic E-state index is 12.1. The van der Waals surface area contributed by atoms with E-state index in [0.29, 0.717) is 12.2 Å². The predicted octanol–water partition coefficient (Wildman–Crippen LogP) is 1.88. The molecule has 2 saturated carbocycles. The fourth-order valence-corrected chi connectivity index (χ4v) is 3.81. The summed E-state index contributed by atoms with van der Waals surface area (Å²) >= 11 is 0. The van der Waals surface area contributed by atoms with Gasteiger partial charge in [-0.25, -0.2) is 0 Å². The van der Waals surface area contributed by atoms with E-state index in [0.717, 1.165) is 25.7 Å². The highest BCUT2D eigenvalue weighted by Gasteiger charge is 2.72. The maximum absolute atomic E-state index is 12.1. The van der Waals surface area contributed by atoms with Crippen LogP contribution in [0.2, 0.25) is 0 Å². The number of Topliss-reactive ketones (excluding diaryl/α,β-unsaturated/α-hetero) is 2. The van der Waals surface area contributed by atoms with Crippen LogP contribution in [0.4, 0.5) is 0 Å². The minimum absolute atomic E-state index is 0.115. The number of epoxide rings is 1. The Hall–Kier alpha value is -0.700. The smallest absolute Gasteiger partial charge is 0.141 e. The average molecular weight is 222 g/mol. The zero-order chi connectivity index (χ0) is 11.6. The van der Waals surface area contributed by atoms with Crippen LogP contribution in [0.25, 0.3) is 0 Å². The van der Waals surface area contributed by atoms with Gasteiger partial charge in [0, 0.05) is 12.3 Å². The molecule has 0 radical (unpaired) electrons. The molecule has 0 aromatic rings. The van der Waals surface area contributed by atoms with Crippen molar-refractivity contribution in [2.45, 2.75) is 57.7 Å². The highest BCUT2D eigenvalue weighted by molar-refractivity contribution is 5.89. The molecule has 16 heavy (non-hydrogen) atoms. The Labute approximate surface area is 95.5 Å². The monoisotopic (exact) mass is 222 g/mol. The summed E-state index contributed by atoms with van der Waals surface area (Å²) in [6.45, 7) is 3.71. The van der Waals surface area contributed by atoms with E-state index >= 15 is 0 Å². The standard InChI is InChI=1S/C13H18O3/c1-8(14)9-5-6-12(2)10(15)3-4-11-13(12,7-9)16-11/h9,11H,3-7H2,1-2H3/t9-,11-,12+,13-/m1/s1. The molecule has 0 unspecified atom stereocenters. The van der Waals surface area contributed by atoms with E-state index in [1.165, 1.54) is 0 Å². The second-order valence-electron chi connectivity index (χ2n) is 5.84. The van der Waals surface area contributed by atoms with Gasteiger partial charge in [0.05, 0.1) is 11.5 Å². The highest BCUT2D eigenvalue weighted by Crippen LogP contribution is 2.64. The van der Waals surface area contributed by atoms with Gasteiger partial charge in [-0.3, -0.25) is 9.59 Å². The van der Waals surface area contributed by atoms with Crippen molar-refractivity contribution in [2.75, 3.05) is 0 Å². The molecule has 3 heteroatoms. The predicted molar refractivity (Wildman–Crippen MR) is 58.0 cm³/mol. The van der Waals surface area contributed by atoms with Gasteiger partial charge in [0.15, 0.2) is 0 Å². The van der Waals surface area contributed by atoms with Crippen molar-refractivity contribution in [1.29, 1.82) is 0 Å². The van der Waals surface area contributed by atoms with E-state index in [2.05, 4.69) is 0 Å². The Kier molecular flexibility index (Phi) is 1.93. The summed E-state index contributed by atoms with van der Waals surface area (Å²) in [6, 6.07) is 0. The van der Waals surface area contributed by atoms with Gasteiger partial charge < -0.3 is 4.74 Å². The Balaban J connectivity index is 1.92. The van der Waals surface area contributed by atoms with Crippen molar-refractivity contribution in [3.05, 3.63) is 0 Å². The van der Waals surface area contributed by atoms with Crippen molar-refractivity contribution in [2.24, 2.45) is 11.3 Å². The molecule has 3 aliphatic rings. The van der Waals surface area contributed by atoms with Crippen LogP contribution < -0.4 is 0 Å². The van der Waals surface area contributed by atoms with Crippen molar-refractivity contribution < 1.29 is 14.3 Å². The van der Waals surface area contributed by atoms with Crippen molar-refractivity contribution >= 4 is 11.6 Å². The molecule has 88 valence electrons. The van der Waals surface area contributed by atoms with Crippen molar-refractivity contribution in [3.63, 3.8) is 0 Å².